The molecule has 1 fully saturated rings. The number of hydrogen-bond donors (Lipinski definition) is 2. The Morgan fingerprint density at radius 3 is 2.24 bits per heavy atom. The number of carbonyl (C=O) groups is 4. The molecule has 0 unspecified atom stereocenters. The average Bonchev–Trinajstić information content (AvgIpc) is 2.88. The summed E-state index contributed by atoms with van der Waals surface area (Å²) in [6.45, 7) is 3.59. The van der Waals surface area contributed by atoms with E-state index in [9.17, 15) is 19.2 Å². The van der Waals surface area contributed by atoms with Crippen molar-refractivity contribution in [3.05, 3.63) is 89.0 Å². The van der Waals surface area contributed by atoms with Crippen LogP contribution in [0.5, 0.6) is 11.5 Å². The van der Waals surface area contributed by atoms with Crippen LogP contribution < -0.4 is 25.0 Å². The first-order chi connectivity index (χ1) is 17.7. The highest BCUT2D eigenvalue weighted by atomic mass is 16.5. The Hall–Kier alpha value is -4.92. The number of aryl methyl sites for hydroxylation is 2. The Bertz CT molecular complexity index is 1390. The number of nitrogens with zero attached hydrogens (tertiary/aromatic N) is 1. The molecule has 4 rings (SSSR count). The monoisotopic (exact) mass is 499 g/mol. The first-order valence-corrected chi connectivity index (χ1v) is 11.4. The van der Waals surface area contributed by atoms with Gasteiger partial charge in [0.15, 0.2) is 6.61 Å². The van der Waals surface area contributed by atoms with Gasteiger partial charge < -0.3 is 14.8 Å². The second kappa shape index (κ2) is 10.8. The zero-order chi connectivity index (χ0) is 26.5. The molecule has 0 saturated carbocycles. The minimum atomic E-state index is -0.799. The van der Waals surface area contributed by atoms with Gasteiger partial charge in [-0.05, 0) is 85.1 Å². The third-order valence-electron chi connectivity index (χ3n) is 5.79. The molecule has 188 valence electrons. The number of nitrogens with one attached hydrogen (secondary N) is 2. The van der Waals surface area contributed by atoms with E-state index in [1.54, 1.807) is 73.8 Å². The van der Waals surface area contributed by atoms with Crippen molar-refractivity contribution in [2.45, 2.75) is 13.8 Å². The molecule has 2 N–H and O–H groups in total. The van der Waals surface area contributed by atoms with Crippen LogP contribution in [-0.4, -0.2) is 37.5 Å². The number of carbonyl (C=O) groups excluding carboxylic acids is 4. The summed E-state index contributed by atoms with van der Waals surface area (Å²) in [5.41, 5.74) is 3.28. The summed E-state index contributed by atoms with van der Waals surface area (Å²) in [4.78, 5) is 51.0. The van der Waals surface area contributed by atoms with Gasteiger partial charge >= 0.3 is 6.03 Å². The van der Waals surface area contributed by atoms with Crippen molar-refractivity contribution in [1.29, 1.82) is 0 Å². The molecule has 9 nitrogen and oxygen atoms in total. The number of ether oxygens (including phenoxy) is 2. The summed E-state index contributed by atoms with van der Waals surface area (Å²) in [5, 5.41) is 4.94. The molecule has 3 aromatic carbocycles. The Kier molecular flexibility index (Phi) is 7.34. The maximum atomic E-state index is 13.1. The van der Waals surface area contributed by atoms with Crippen molar-refractivity contribution in [3.8, 4) is 11.5 Å². The van der Waals surface area contributed by atoms with Gasteiger partial charge in [-0.3, -0.25) is 19.7 Å². The lowest BCUT2D eigenvalue weighted by Crippen LogP contribution is -2.54. The number of benzene rings is 3. The number of amides is 5. The van der Waals surface area contributed by atoms with Crippen LogP contribution in [0, 0.1) is 13.8 Å². The molecule has 0 aromatic heterocycles. The second-order valence-corrected chi connectivity index (χ2v) is 8.36. The van der Waals surface area contributed by atoms with Crippen LogP contribution in [-0.2, 0) is 14.4 Å². The summed E-state index contributed by atoms with van der Waals surface area (Å²) in [7, 11) is 1.56. The van der Waals surface area contributed by atoms with Crippen molar-refractivity contribution >= 4 is 41.2 Å². The summed E-state index contributed by atoms with van der Waals surface area (Å²) >= 11 is 0. The van der Waals surface area contributed by atoms with E-state index in [1.807, 2.05) is 13.8 Å². The highest BCUT2D eigenvalue weighted by Crippen LogP contribution is 2.24. The van der Waals surface area contributed by atoms with E-state index in [1.165, 1.54) is 6.08 Å². The molecule has 37 heavy (non-hydrogen) atoms. The van der Waals surface area contributed by atoms with Gasteiger partial charge in [-0.25, -0.2) is 9.69 Å². The van der Waals surface area contributed by atoms with E-state index >= 15 is 0 Å². The predicted octanol–water partition coefficient (Wildman–Crippen LogP) is 4.00. The minimum absolute atomic E-state index is 0.176. The highest BCUT2D eigenvalue weighted by molar-refractivity contribution is 6.39. The molecular weight excluding hydrogens is 474 g/mol. The normalized spacial score (nSPS) is 14.4. The lowest BCUT2D eigenvalue weighted by molar-refractivity contribution is -0.122. The van der Waals surface area contributed by atoms with Crippen molar-refractivity contribution in [3.63, 3.8) is 0 Å². The molecule has 1 aliphatic rings. The van der Waals surface area contributed by atoms with Gasteiger partial charge in [0.25, 0.3) is 17.7 Å². The van der Waals surface area contributed by atoms with E-state index in [-0.39, 0.29) is 18.1 Å². The molecule has 0 radical (unpaired) electrons. The Morgan fingerprint density at radius 2 is 1.59 bits per heavy atom. The maximum absolute atomic E-state index is 13.1. The molecule has 9 heteroatoms. The molecule has 3 aromatic rings. The Balaban J connectivity index is 1.42. The lowest BCUT2D eigenvalue weighted by Gasteiger charge is -2.26. The molecular formula is C28H25N3O6. The fourth-order valence-electron chi connectivity index (χ4n) is 3.60. The number of urea groups is 1. The highest BCUT2D eigenvalue weighted by Gasteiger charge is 2.36. The lowest BCUT2D eigenvalue weighted by atomic mass is 10.1. The first-order valence-electron chi connectivity index (χ1n) is 11.4. The zero-order valence-electron chi connectivity index (χ0n) is 20.5. The zero-order valence-corrected chi connectivity index (χ0v) is 20.5. The van der Waals surface area contributed by atoms with Gasteiger partial charge in [-0.2, -0.15) is 0 Å². The number of barbiturate groups is 1. The predicted molar refractivity (Wildman–Crippen MR) is 138 cm³/mol. The van der Waals surface area contributed by atoms with Gasteiger partial charge in [0.1, 0.15) is 17.1 Å². The van der Waals surface area contributed by atoms with Crippen molar-refractivity contribution in [2.75, 3.05) is 23.9 Å². The molecule has 0 aliphatic carbocycles. The summed E-state index contributed by atoms with van der Waals surface area (Å²) in [6.07, 6.45) is 1.40. The van der Waals surface area contributed by atoms with Crippen LogP contribution >= 0.6 is 0 Å². The van der Waals surface area contributed by atoms with Crippen molar-refractivity contribution < 1.29 is 28.7 Å². The van der Waals surface area contributed by atoms with E-state index in [4.69, 9.17) is 9.47 Å². The van der Waals surface area contributed by atoms with E-state index in [2.05, 4.69) is 10.6 Å². The molecule has 1 aliphatic heterocycles. The van der Waals surface area contributed by atoms with Gasteiger partial charge in [0, 0.05) is 5.69 Å². The largest absolute Gasteiger partial charge is 0.497 e. The molecule has 0 atom stereocenters. The van der Waals surface area contributed by atoms with Crippen molar-refractivity contribution in [2.24, 2.45) is 0 Å². The maximum Gasteiger partial charge on any atom is 0.335 e. The van der Waals surface area contributed by atoms with Crippen molar-refractivity contribution in [1.82, 2.24) is 5.32 Å². The van der Waals surface area contributed by atoms with E-state index in [0.717, 1.165) is 16.0 Å². The van der Waals surface area contributed by atoms with Gasteiger partial charge in [-0.15, -0.1) is 0 Å². The third-order valence-corrected chi connectivity index (χ3v) is 5.79. The molecule has 1 saturated heterocycles. The van der Waals surface area contributed by atoms with Crippen LogP contribution in [0.25, 0.3) is 6.08 Å². The van der Waals surface area contributed by atoms with Crippen LogP contribution in [0.2, 0.25) is 0 Å². The smallest absolute Gasteiger partial charge is 0.335 e. The molecule has 0 bridgehead atoms. The third kappa shape index (κ3) is 5.84. The first kappa shape index (κ1) is 25.2. The molecule has 1 heterocycles. The van der Waals surface area contributed by atoms with E-state index in [0.29, 0.717) is 28.4 Å². The number of methoxy groups -OCH3 is 1. The summed E-state index contributed by atoms with van der Waals surface area (Å²) in [6, 6.07) is 17.8. The van der Waals surface area contributed by atoms with Gasteiger partial charge in [0.2, 0.25) is 0 Å². The van der Waals surface area contributed by atoms with Crippen LogP contribution in [0.1, 0.15) is 16.7 Å². The Morgan fingerprint density at radius 1 is 0.919 bits per heavy atom. The molecule has 0 spiro atoms. The number of anilines is 2. The van der Waals surface area contributed by atoms with Gasteiger partial charge in [-0.1, -0.05) is 18.2 Å². The topological polar surface area (TPSA) is 114 Å². The molecule has 5 amide bonds. The minimum Gasteiger partial charge on any atom is -0.497 e. The quantitative estimate of drug-likeness (QED) is 0.375. The summed E-state index contributed by atoms with van der Waals surface area (Å²) < 4.78 is 10.6. The van der Waals surface area contributed by atoms with E-state index < -0.39 is 17.8 Å². The summed E-state index contributed by atoms with van der Waals surface area (Å²) in [5.74, 6) is -0.713. The fraction of sp³-hybridized carbons (Fsp3) is 0.143. The number of rotatable bonds is 7. The SMILES string of the molecule is COc1ccc(NC(=O)COc2ccc(C=C3C(=O)NC(=O)N(c4ccc(C)c(C)c4)C3=O)cc2)cc1. The second-order valence-electron chi connectivity index (χ2n) is 8.36. The number of hydrogen-bond acceptors (Lipinski definition) is 6. The standard InChI is InChI=1S/C28H25N3O6/c1-17-4-9-21(14-18(17)2)31-27(34)24(26(33)30-28(31)35)15-19-5-10-23(11-6-19)37-16-25(32)29-20-7-12-22(36-3)13-8-20/h4-15H,16H2,1-3H3,(H,29,32)(H,30,33,35). The van der Waals surface area contributed by atoms with Crippen LogP contribution in [0.15, 0.2) is 72.3 Å². The number of imide groups is 2. The Labute approximate surface area is 213 Å². The van der Waals surface area contributed by atoms with Crippen LogP contribution in [0.3, 0.4) is 0 Å². The van der Waals surface area contributed by atoms with Gasteiger partial charge in [0.05, 0.1) is 12.8 Å². The fourth-order valence-corrected chi connectivity index (χ4v) is 3.60. The van der Waals surface area contributed by atoms with Crippen LogP contribution in [0.4, 0.5) is 16.2 Å². The average molecular weight is 500 g/mol.